The maximum atomic E-state index is 11.5. The van der Waals surface area contributed by atoms with Crippen LogP contribution in [0.4, 0.5) is 0 Å². The summed E-state index contributed by atoms with van der Waals surface area (Å²) < 4.78 is 24.5. The molecule has 0 amide bonds. The van der Waals surface area contributed by atoms with Crippen LogP contribution in [-0.4, -0.2) is 56.1 Å². The zero-order valence-corrected chi connectivity index (χ0v) is 9.26. The van der Waals surface area contributed by atoms with Gasteiger partial charge in [-0.05, 0) is 6.92 Å². The van der Waals surface area contributed by atoms with E-state index in [4.69, 9.17) is 6.42 Å². The molecule has 1 heterocycles. The second-order valence-electron chi connectivity index (χ2n) is 3.28. The quantitative estimate of drug-likeness (QED) is 0.602. The second kappa shape index (κ2) is 4.78. The maximum absolute atomic E-state index is 11.5. The number of hydrogen-bond acceptors (Lipinski definition) is 3. The predicted octanol–water partition coefficient (Wildman–Crippen LogP) is -0.413. The summed E-state index contributed by atoms with van der Waals surface area (Å²) in [5.74, 6) is 2.75. The number of piperazine rings is 1. The van der Waals surface area contributed by atoms with Crippen LogP contribution in [0.5, 0.6) is 0 Å². The minimum atomic E-state index is -3.00. The smallest absolute Gasteiger partial charge is 0.213 e. The van der Waals surface area contributed by atoms with Gasteiger partial charge in [0.15, 0.2) is 0 Å². The lowest BCUT2D eigenvalue weighted by atomic mass is 10.4. The summed E-state index contributed by atoms with van der Waals surface area (Å²) in [6.45, 7) is 4.89. The number of terminal acetylenes is 1. The third kappa shape index (κ3) is 2.71. The first kappa shape index (κ1) is 11.5. The average molecular weight is 216 g/mol. The summed E-state index contributed by atoms with van der Waals surface area (Å²) in [6.07, 6.45) is 5.18. The van der Waals surface area contributed by atoms with Crippen LogP contribution in [0.3, 0.4) is 0 Å². The Morgan fingerprint density at radius 2 is 1.86 bits per heavy atom. The average Bonchev–Trinajstić information content (AvgIpc) is 2.19. The molecule has 0 atom stereocenters. The zero-order valence-electron chi connectivity index (χ0n) is 8.44. The van der Waals surface area contributed by atoms with Crippen molar-refractivity contribution in [2.45, 2.75) is 6.92 Å². The Hall–Kier alpha value is -0.570. The molecular formula is C9H16N2O2S. The van der Waals surface area contributed by atoms with Gasteiger partial charge in [0.25, 0.3) is 0 Å². The van der Waals surface area contributed by atoms with Crippen LogP contribution < -0.4 is 0 Å². The fraction of sp³-hybridized carbons (Fsp3) is 0.778. The normalized spacial score (nSPS) is 20.6. The van der Waals surface area contributed by atoms with Crippen molar-refractivity contribution >= 4 is 10.0 Å². The van der Waals surface area contributed by atoms with E-state index in [-0.39, 0.29) is 5.75 Å². The van der Waals surface area contributed by atoms with Crippen LogP contribution in [0.1, 0.15) is 6.92 Å². The molecule has 0 aromatic carbocycles. The summed E-state index contributed by atoms with van der Waals surface area (Å²) >= 11 is 0. The molecule has 0 aromatic rings. The molecule has 0 aromatic heterocycles. The van der Waals surface area contributed by atoms with Gasteiger partial charge in [0.2, 0.25) is 10.0 Å². The van der Waals surface area contributed by atoms with E-state index in [1.807, 2.05) is 0 Å². The van der Waals surface area contributed by atoms with Gasteiger partial charge >= 0.3 is 0 Å². The van der Waals surface area contributed by atoms with Crippen molar-refractivity contribution < 1.29 is 8.42 Å². The second-order valence-corrected chi connectivity index (χ2v) is 5.54. The minimum Gasteiger partial charge on any atom is -0.290 e. The number of nitrogens with zero attached hydrogens (tertiary/aromatic N) is 2. The number of sulfonamides is 1. The van der Waals surface area contributed by atoms with Crippen molar-refractivity contribution in [3.63, 3.8) is 0 Å². The van der Waals surface area contributed by atoms with Crippen molar-refractivity contribution in [2.24, 2.45) is 0 Å². The first-order valence-corrected chi connectivity index (χ1v) is 6.34. The van der Waals surface area contributed by atoms with Gasteiger partial charge in [-0.15, -0.1) is 6.42 Å². The molecule has 0 bridgehead atoms. The highest BCUT2D eigenvalue weighted by Crippen LogP contribution is 2.07. The molecule has 1 rings (SSSR count). The van der Waals surface area contributed by atoms with Crippen molar-refractivity contribution in [1.82, 2.24) is 9.21 Å². The molecule has 0 saturated carbocycles. The SMILES string of the molecule is C#CCN1CCN(S(=O)(=O)CC)CC1. The zero-order chi connectivity index (χ0) is 10.6. The lowest BCUT2D eigenvalue weighted by Gasteiger charge is -2.32. The summed E-state index contributed by atoms with van der Waals surface area (Å²) in [4.78, 5) is 2.08. The van der Waals surface area contributed by atoms with E-state index < -0.39 is 10.0 Å². The van der Waals surface area contributed by atoms with Gasteiger partial charge in [0.1, 0.15) is 0 Å². The standard InChI is InChI=1S/C9H16N2O2S/c1-3-5-10-6-8-11(9-7-10)14(12,13)4-2/h1H,4-9H2,2H3. The van der Waals surface area contributed by atoms with Crippen molar-refractivity contribution in [3.8, 4) is 12.3 Å². The molecule has 1 aliphatic rings. The monoisotopic (exact) mass is 216 g/mol. The van der Waals surface area contributed by atoms with Crippen molar-refractivity contribution in [3.05, 3.63) is 0 Å². The van der Waals surface area contributed by atoms with Gasteiger partial charge in [0, 0.05) is 26.2 Å². The summed E-state index contributed by atoms with van der Waals surface area (Å²) in [5, 5.41) is 0. The van der Waals surface area contributed by atoms with Gasteiger partial charge < -0.3 is 0 Å². The Morgan fingerprint density at radius 3 is 2.29 bits per heavy atom. The number of hydrogen-bond donors (Lipinski definition) is 0. The minimum absolute atomic E-state index is 0.183. The highest BCUT2D eigenvalue weighted by atomic mass is 32.2. The fourth-order valence-corrected chi connectivity index (χ4v) is 2.56. The number of rotatable bonds is 3. The molecule has 1 aliphatic heterocycles. The van der Waals surface area contributed by atoms with Crippen molar-refractivity contribution in [1.29, 1.82) is 0 Å². The van der Waals surface area contributed by atoms with E-state index in [1.54, 1.807) is 11.2 Å². The third-order valence-electron chi connectivity index (χ3n) is 2.40. The summed E-state index contributed by atoms with van der Waals surface area (Å²) in [5.41, 5.74) is 0. The molecule has 0 N–H and O–H groups in total. The van der Waals surface area contributed by atoms with E-state index in [0.717, 1.165) is 13.1 Å². The molecule has 5 heteroatoms. The van der Waals surface area contributed by atoms with E-state index in [1.165, 1.54) is 0 Å². The lowest BCUT2D eigenvalue weighted by Crippen LogP contribution is -2.48. The van der Waals surface area contributed by atoms with E-state index in [0.29, 0.717) is 19.6 Å². The molecule has 1 saturated heterocycles. The molecular weight excluding hydrogens is 200 g/mol. The molecule has 4 nitrogen and oxygen atoms in total. The molecule has 0 spiro atoms. The van der Waals surface area contributed by atoms with Gasteiger partial charge in [-0.2, -0.15) is 4.31 Å². The van der Waals surface area contributed by atoms with E-state index >= 15 is 0 Å². The molecule has 80 valence electrons. The van der Waals surface area contributed by atoms with Crippen LogP contribution >= 0.6 is 0 Å². The lowest BCUT2D eigenvalue weighted by molar-refractivity contribution is 0.207. The molecule has 0 radical (unpaired) electrons. The first-order valence-electron chi connectivity index (χ1n) is 4.74. The Kier molecular flexibility index (Phi) is 3.93. The molecule has 1 fully saturated rings. The van der Waals surface area contributed by atoms with Crippen LogP contribution in [-0.2, 0) is 10.0 Å². The highest BCUT2D eigenvalue weighted by Gasteiger charge is 2.24. The Balaban J connectivity index is 2.48. The van der Waals surface area contributed by atoms with Crippen molar-refractivity contribution in [2.75, 3.05) is 38.5 Å². The van der Waals surface area contributed by atoms with E-state index in [9.17, 15) is 8.42 Å². The van der Waals surface area contributed by atoms with Gasteiger partial charge in [-0.25, -0.2) is 8.42 Å². The first-order chi connectivity index (χ1) is 6.60. The van der Waals surface area contributed by atoms with Crippen LogP contribution in [0.25, 0.3) is 0 Å². The summed E-state index contributed by atoms with van der Waals surface area (Å²) in [6, 6.07) is 0. The Bertz CT molecular complexity index is 310. The molecule has 0 aliphatic carbocycles. The third-order valence-corrected chi connectivity index (χ3v) is 4.29. The largest absolute Gasteiger partial charge is 0.290 e. The van der Waals surface area contributed by atoms with E-state index in [2.05, 4.69) is 10.8 Å². The van der Waals surface area contributed by atoms with Gasteiger partial charge in [-0.3, -0.25) is 4.90 Å². The van der Waals surface area contributed by atoms with Crippen LogP contribution in [0.15, 0.2) is 0 Å². The Morgan fingerprint density at radius 1 is 1.29 bits per heavy atom. The summed E-state index contributed by atoms with van der Waals surface area (Å²) in [7, 11) is -3.00. The van der Waals surface area contributed by atoms with Gasteiger partial charge in [-0.1, -0.05) is 5.92 Å². The molecule has 0 unspecified atom stereocenters. The topological polar surface area (TPSA) is 40.6 Å². The van der Waals surface area contributed by atoms with Gasteiger partial charge in [0.05, 0.1) is 12.3 Å². The Labute approximate surface area is 85.9 Å². The molecule has 14 heavy (non-hydrogen) atoms. The highest BCUT2D eigenvalue weighted by molar-refractivity contribution is 7.89. The fourth-order valence-electron chi connectivity index (χ4n) is 1.48. The van der Waals surface area contributed by atoms with Crippen LogP contribution in [0.2, 0.25) is 0 Å². The predicted molar refractivity (Wildman–Crippen MR) is 56.3 cm³/mol. The van der Waals surface area contributed by atoms with Crippen LogP contribution in [0, 0.1) is 12.3 Å². The maximum Gasteiger partial charge on any atom is 0.213 e.